The third kappa shape index (κ3) is 5.27. The van der Waals surface area contributed by atoms with E-state index < -0.39 is 29.6 Å². The molecule has 0 aliphatic carbocycles. The van der Waals surface area contributed by atoms with Gasteiger partial charge in [0.05, 0.1) is 0 Å². The molecule has 6 nitrogen and oxygen atoms in total. The van der Waals surface area contributed by atoms with Crippen molar-refractivity contribution in [3.05, 3.63) is 77.2 Å². The molecule has 0 aliphatic rings. The van der Waals surface area contributed by atoms with Gasteiger partial charge in [-0.15, -0.1) is 0 Å². The van der Waals surface area contributed by atoms with Crippen LogP contribution in [0.3, 0.4) is 0 Å². The van der Waals surface area contributed by atoms with Crippen molar-refractivity contribution in [1.29, 1.82) is 0 Å². The number of hydrogen-bond donors (Lipinski definition) is 3. The first-order valence-corrected chi connectivity index (χ1v) is 7.74. The van der Waals surface area contributed by atoms with Crippen molar-refractivity contribution in [2.24, 2.45) is 0 Å². The summed E-state index contributed by atoms with van der Waals surface area (Å²) in [6, 6.07) is 12.4. The Morgan fingerprint density at radius 1 is 1.04 bits per heavy atom. The Balaban J connectivity index is 2.28. The fourth-order valence-electron chi connectivity index (χ4n) is 2.00. The van der Waals surface area contributed by atoms with Crippen molar-refractivity contribution >= 4 is 23.9 Å². The molecule has 3 N–H and O–H groups in total. The highest BCUT2D eigenvalue weighted by Crippen LogP contribution is 2.09. The lowest BCUT2D eigenvalue weighted by Gasteiger charge is -2.13. The molecule has 0 spiro atoms. The smallest absolute Gasteiger partial charge is 0.325 e. The Labute approximate surface area is 149 Å². The molecule has 0 bridgehead atoms. The number of carbonyl (C=O) groups is 3. The topological polar surface area (TPSA) is 95.5 Å². The van der Waals surface area contributed by atoms with E-state index in [-0.39, 0.29) is 5.70 Å². The largest absolute Gasteiger partial charge is 0.480 e. The average Bonchev–Trinajstić information content (AvgIpc) is 2.63. The van der Waals surface area contributed by atoms with Crippen molar-refractivity contribution in [2.45, 2.75) is 13.0 Å². The fourth-order valence-corrected chi connectivity index (χ4v) is 2.00. The van der Waals surface area contributed by atoms with E-state index in [9.17, 15) is 18.8 Å². The van der Waals surface area contributed by atoms with E-state index in [4.69, 9.17) is 5.11 Å². The van der Waals surface area contributed by atoms with E-state index in [0.29, 0.717) is 11.1 Å². The molecule has 2 rings (SSSR count). The van der Waals surface area contributed by atoms with Crippen LogP contribution in [0, 0.1) is 5.82 Å². The van der Waals surface area contributed by atoms with E-state index in [0.717, 1.165) is 0 Å². The molecule has 2 aromatic carbocycles. The second-order valence-electron chi connectivity index (χ2n) is 5.46. The maximum atomic E-state index is 13.0. The van der Waals surface area contributed by atoms with Crippen LogP contribution in [-0.2, 0) is 9.59 Å². The van der Waals surface area contributed by atoms with Gasteiger partial charge in [-0.1, -0.05) is 30.3 Å². The van der Waals surface area contributed by atoms with Crippen LogP contribution in [-0.4, -0.2) is 28.9 Å². The zero-order valence-electron chi connectivity index (χ0n) is 13.9. The second-order valence-corrected chi connectivity index (χ2v) is 5.46. The molecule has 2 amide bonds. The number of carbonyl (C=O) groups excluding carboxylic acids is 2. The van der Waals surface area contributed by atoms with E-state index in [1.807, 2.05) is 0 Å². The lowest BCUT2D eigenvalue weighted by Crippen LogP contribution is -2.42. The van der Waals surface area contributed by atoms with Gasteiger partial charge < -0.3 is 15.7 Å². The molecule has 0 heterocycles. The molecule has 0 aromatic heterocycles. The van der Waals surface area contributed by atoms with Gasteiger partial charge in [-0.2, -0.15) is 0 Å². The summed E-state index contributed by atoms with van der Waals surface area (Å²) in [7, 11) is 0. The molecule has 0 saturated carbocycles. The maximum Gasteiger partial charge on any atom is 0.325 e. The van der Waals surface area contributed by atoms with E-state index >= 15 is 0 Å². The Kier molecular flexibility index (Phi) is 6.21. The van der Waals surface area contributed by atoms with Crippen LogP contribution in [0.2, 0.25) is 0 Å². The van der Waals surface area contributed by atoms with Gasteiger partial charge in [0.1, 0.15) is 17.6 Å². The molecule has 1 unspecified atom stereocenters. The van der Waals surface area contributed by atoms with Crippen LogP contribution >= 0.6 is 0 Å². The summed E-state index contributed by atoms with van der Waals surface area (Å²) in [5.74, 6) is -2.96. The molecule has 2 aromatic rings. The number of rotatable bonds is 6. The predicted octanol–water partition coefficient (Wildman–Crippen LogP) is 2.19. The minimum atomic E-state index is -1.21. The molecule has 134 valence electrons. The van der Waals surface area contributed by atoms with Crippen LogP contribution in [0.1, 0.15) is 22.8 Å². The van der Waals surface area contributed by atoms with Gasteiger partial charge in [0.15, 0.2) is 0 Å². The van der Waals surface area contributed by atoms with Crippen molar-refractivity contribution in [3.8, 4) is 0 Å². The molecule has 0 saturated heterocycles. The minimum Gasteiger partial charge on any atom is -0.480 e. The maximum absolute atomic E-state index is 13.0. The van der Waals surface area contributed by atoms with Crippen LogP contribution < -0.4 is 10.6 Å². The first kappa shape index (κ1) is 18.9. The summed E-state index contributed by atoms with van der Waals surface area (Å²) in [4.78, 5) is 35.6. The number of aliphatic carboxylic acids is 1. The third-order valence-corrected chi connectivity index (χ3v) is 3.43. The van der Waals surface area contributed by atoms with Crippen molar-refractivity contribution in [2.75, 3.05) is 0 Å². The Hall–Kier alpha value is -3.48. The lowest BCUT2D eigenvalue weighted by atomic mass is 10.1. The van der Waals surface area contributed by atoms with Gasteiger partial charge in [-0.05, 0) is 42.8 Å². The monoisotopic (exact) mass is 356 g/mol. The predicted molar refractivity (Wildman–Crippen MR) is 93.5 cm³/mol. The van der Waals surface area contributed by atoms with Crippen molar-refractivity contribution in [1.82, 2.24) is 10.6 Å². The summed E-state index contributed by atoms with van der Waals surface area (Å²) in [6.07, 6.45) is 1.34. The van der Waals surface area contributed by atoms with Crippen LogP contribution in [0.25, 0.3) is 6.08 Å². The van der Waals surface area contributed by atoms with Crippen LogP contribution in [0.5, 0.6) is 0 Å². The first-order valence-electron chi connectivity index (χ1n) is 7.74. The lowest BCUT2D eigenvalue weighted by molar-refractivity contribution is -0.140. The molecule has 0 aliphatic heterocycles. The third-order valence-electron chi connectivity index (χ3n) is 3.43. The number of hydrogen-bond acceptors (Lipinski definition) is 3. The molecular weight excluding hydrogens is 339 g/mol. The van der Waals surface area contributed by atoms with Crippen molar-refractivity contribution in [3.63, 3.8) is 0 Å². The normalized spacial score (nSPS) is 12.2. The van der Waals surface area contributed by atoms with Gasteiger partial charge in [-0.3, -0.25) is 14.4 Å². The average molecular weight is 356 g/mol. The van der Waals surface area contributed by atoms with Gasteiger partial charge in [0, 0.05) is 5.56 Å². The summed E-state index contributed by atoms with van der Waals surface area (Å²) in [5, 5.41) is 13.7. The highest BCUT2D eigenvalue weighted by Gasteiger charge is 2.19. The van der Waals surface area contributed by atoms with Crippen molar-refractivity contribution < 1.29 is 23.9 Å². The summed E-state index contributed by atoms with van der Waals surface area (Å²) in [6.45, 7) is 1.30. The van der Waals surface area contributed by atoms with E-state index in [2.05, 4.69) is 10.6 Å². The molecular formula is C19H17FN2O4. The highest BCUT2D eigenvalue weighted by atomic mass is 19.1. The molecule has 0 radical (unpaired) electrons. The second kappa shape index (κ2) is 8.57. The standard InChI is InChI=1S/C19H17FN2O4/c1-12(19(25)26)21-18(24)16(11-13-7-9-15(20)10-8-13)22-17(23)14-5-3-2-4-6-14/h2-12H,1H3,(H,21,24)(H,22,23)(H,25,26). The van der Waals surface area contributed by atoms with Gasteiger partial charge in [0.25, 0.3) is 11.8 Å². The molecule has 7 heteroatoms. The zero-order chi connectivity index (χ0) is 19.1. The van der Waals surface area contributed by atoms with Gasteiger partial charge in [0.2, 0.25) is 0 Å². The Bertz CT molecular complexity index is 832. The van der Waals surface area contributed by atoms with Gasteiger partial charge in [-0.25, -0.2) is 4.39 Å². The number of amides is 2. The number of benzene rings is 2. The quantitative estimate of drug-likeness (QED) is 0.692. The SMILES string of the molecule is CC(NC(=O)C(=Cc1ccc(F)cc1)NC(=O)c1ccccc1)C(=O)O. The number of carboxylic acids is 1. The first-order chi connectivity index (χ1) is 12.4. The van der Waals surface area contributed by atoms with Crippen LogP contribution in [0.4, 0.5) is 4.39 Å². The molecule has 0 fully saturated rings. The number of halogens is 1. The fraction of sp³-hybridized carbons (Fsp3) is 0.105. The number of nitrogens with one attached hydrogen (secondary N) is 2. The van der Waals surface area contributed by atoms with Crippen LogP contribution in [0.15, 0.2) is 60.3 Å². The summed E-state index contributed by atoms with van der Waals surface area (Å²) >= 11 is 0. The summed E-state index contributed by atoms with van der Waals surface area (Å²) < 4.78 is 13.0. The number of carboxylic acid groups (broad SMARTS) is 1. The summed E-state index contributed by atoms with van der Waals surface area (Å²) in [5.41, 5.74) is 0.642. The van der Waals surface area contributed by atoms with E-state index in [1.165, 1.54) is 37.3 Å². The van der Waals surface area contributed by atoms with Gasteiger partial charge >= 0.3 is 5.97 Å². The Morgan fingerprint density at radius 3 is 2.23 bits per heavy atom. The van der Waals surface area contributed by atoms with E-state index in [1.54, 1.807) is 30.3 Å². The zero-order valence-corrected chi connectivity index (χ0v) is 13.9. The Morgan fingerprint density at radius 2 is 1.65 bits per heavy atom. The molecule has 26 heavy (non-hydrogen) atoms. The highest BCUT2D eigenvalue weighted by molar-refractivity contribution is 6.06. The molecule has 1 atom stereocenters. The minimum absolute atomic E-state index is 0.154.